The Labute approximate surface area is 165 Å². The molecule has 0 radical (unpaired) electrons. The van der Waals surface area contributed by atoms with Gasteiger partial charge in [0, 0.05) is 24.9 Å². The number of hydrogen-bond acceptors (Lipinski definition) is 4. The number of carbonyl (C=O) groups is 1. The number of furan rings is 1. The first-order valence-corrected chi connectivity index (χ1v) is 9.31. The first-order chi connectivity index (χ1) is 13.7. The van der Waals surface area contributed by atoms with Gasteiger partial charge in [0.05, 0.1) is 14.2 Å². The Balaban J connectivity index is 1.45. The largest absolute Gasteiger partial charge is 0.497 e. The molecular weight excluding hydrogens is 354 g/mol. The van der Waals surface area contributed by atoms with Gasteiger partial charge in [-0.25, -0.2) is 0 Å². The van der Waals surface area contributed by atoms with Crippen LogP contribution in [-0.2, 0) is 17.6 Å². The number of benzene rings is 2. The number of amides is 1. The predicted octanol–water partition coefficient (Wildman–Crippen LogP) is 4.26. The summed E-state index contributed by atoms with van der Waals surface area (Å²) in [5.41, 5.74) is 2.06. The number of rotatable bonds is 9. The van der Waals surface area contributed by atoms with Gasteiger partial charge in [0.2, 0.25) is 5.91 Å². The molecule has 0 aliphatic rings. The molecule has 5 nitrogen and oxygen atoms in total. The van der Waals surface area contributed by atoms with Crippen molar-refractivity contribution in [3.8, 4) is 22.8 Å². The number of nitrogens with one attached hydrogen (secondary N) is 1. The lowest BCUT2D eigenvalue weighted by Crippen LogP contribution is -2.25. The van der Waals surface area contributed by atoms with Crippen molar-refractivity contribution >= 4 is 5.91 Å². The van der Waals surface area contributed by atoms with E-state index < -0.39 is 0 Å². The Bertz CT molecular complexity index is 899. The van der Waals surface area contributed by atoms with Gasteiger partial charge in [-0.2, -0.15) is 0 Å². The molecule has 1 aromatic heterocycles. The van der Waals surface area contributed by atoms with Crippen molar-refractivity contribution in [3.05, 3.63) is 72.0 Å². The summed E-state index contributed by atoms with van der Waals surface area (Å²) in [6, 6.07) is 19.4. The Kier molecular flexibility index (Phi) is 6.73. The van der Waals surface area contributed by atoms with E-state index in [1.54, 1.807) is 14.2 Å². The van der Waals surface area contributed by atoms with Crippen LogP contribution in [0.3, 0.4) is 0 Å². The maximum atomic E-state index is 12.1. The number of para-hydroxylation sites is 1. The van der Waals surface area contributed by atoms with E-state index in [9.17, 15) is 4.79 Å². The summed E-state index contributed by atoms with van der Waals surface area (Å²) in [6.45, 7) is 0.578. The fourth-order valence-electron chi connectivity index (χ4n) is 2.99. The van der Waals surface area contributed by atoms with Crippen molar-refractivity contribution < 1.29 is 18.7 Å². The van der Waals surface area contributed by atoms with Gasteiger partial charge < -0.3 is 19.2 Å². The van der Waals surface area contributed by atoms with E-state index >= 15 is 0 Å². The SMILES string of the molecule is COc1ccc(-c2ccc(CCC(=O)NCCc3ccccc3OC)o2)cc1. The van der Waals surface area contributed by atoms with Gasteiger partial charge in [-0.1, -0.05) is 18.2 Å². The zero-order chi connectivity index (χ0) is 19.8. The first kappa shape index (κ1) is 19.5. The van der Waals surface area contributed by atoms with Crippen LogP contribution in [-0.4, -0.2) is 26.7 Å². The van der Waals surface area contributed by atoms with Gasteiger partial charge in [0.1, 0.15) is 23.0 Å². The lowest BCUT2D eigenvalue weighted by molar-refractivity contribution is -0.121. The van der Waals surface area contributed by atoms with Crippen LogP contribution >= 0.6 is 0 Å². The molecule has 0 aliphatic heterocycles. The van der Waals surface area contributed by atoms with Crippen LogP contribution in [0.4, 0.5) is 0 Å². The molecule has 1 amide bonds. The molecule has 28 heavy (non-hydrogen) atoms. The molecular formula is C23H25NO4. The van der Waals surface area contributed by atoms with Gasteiger partial charge in [-0.3, -0.25) is 4.79 Å². The highest BCUT2D eigenvalue weighted by atomic mass is 16.5. The third-order valence-electron chi connectivity index (χ3n) is 4.54. The number of methoxy groups -OCH3 is 2. The summed E-state index contributed by atoms with van der Waals surface area (Å²) in [5.74, 6) is 3.25. The fourth-order valence-corrected chi connectivity index (χ4v) is 2.99. The summed E-state index contributed by atoms with van der Waals surface area (Å²) in [6.07, 6.45) is 1.69. The van der Waals surface area contributed by atoms with E-state index in [-0.39, 0.29) is 5.91 Å². The highest BCUT2D eigenvalue weighted by molar-refractivity contribution is 5.76. The third kappa shape index (κ3) is 5.16. The van der Waals surface area contributed by atoms with Crippen molar-refractivity contribution in [3.63, 3.8) is 0 Å². The summed E-state index contributed by atoms with van der Waals surface area (Å²) >= 11 is 0. The highest BCUT2D eigenvalue weighted by Gasteiger charge is 2.08. The minimum atomic E-state index is 0.0114. The van der Waals surface area contributed by atoms with E-state index in [2.05, 4.69) is 5.32 Å². The smallest absolute Gasteiger partial charge is 0.220 e. The quantitative estimate of drug-likeness (QED) is 0.604. The van der Waals surface area contributed by atoms with E-state index in [1.807, 2.05) is 60.7 Å². The molecule has 3 aromatic rings. The molecule has 5 heteroatoms. The number of aryl methyl sites for hydroxylation is 1. The molecule has 0 fully saturated rings. The minimum Gasteiger partial charge on any atom is -0.497 e. The fraction of sp³-hybridized carbons (Fsp3) is 0.261. The van der Waals surface area contributed by atoms with Crippen molar-refractivity contribution in [2.24, 2.45) is 0 Å². The molecule has 1 heterocycles. The molecule has 2 aromatic carbocycles. The maximum Gasteiger partial charge on any atom is 0.220 e. The molecule has 1 N–H and O–H groups in total. The second kappa shape index (κ2) is 9.65. The molecule has 3 rings (SSSR count). The monoisotopic (exact) mass is 379 g/mol. The van der Waals surface area contributed by atoms with Crippen LogP contribution in [0.15, 0.2) is 65.1 Å². The van der Waals surface area contributed by atoms with Crippen molar-refractivity contribution in [1.82, 2.24) is 5.32 Å². The summed E-state index contributed by atoms with van der Waals surface area (Å²) in [4.78, 5) is 12.1. The summed E-state index contributed by atoms with van der Waals surface area (Å²) in [7, 11) is 3.29. The second-order valence-electron chi connectivity index (χ2n) is 6.41. The van der Waals surface area contributed by atoms with E-state index in [0.717, 1.165) is 40.6 Å². The van der Waals surface area contributed by atoms with Crippen LogP contribution in [0.25, 0.3) is 11.3 Å². The molecule has 0 bridgehead atoms. The molecule has 0 unspecified atom stereocenters. The van der Waals surface area contributed by atoms with Crippen LogP contribution in [0.1, 0.15) is 17.7 Å². The summed E-state index contributed by atoms with van der Waals surface area (Å²) < 4.78 is 16.4. The first-order valence-electron chi connectivity index (χ1n) is 9.31. The molecule has 0 saturated heterocycles. The van der Waals surface area contributed by atoms with E-state index in [4.69, 9.17) is 13.9 Å². The van der Waals surface area contributed by atoms with Gasteiger partial charge in [0.15, 0.2) is 0 Å². The molecule has 0 saturated carbocycles. The maximum absolute atomic E-state index is 12.1. The zero-order valence-corrected chi connectivity index (χ0v) is 16.2. The Morgan fingerprint density at radius 3 is 2.46 bits per heavy atom. The van der Waals surface area contributed by atoms with Crippen molar-refractivity contribution in [1.29, 1.82) is 0 Å². The van der Waals surface area contributed by atoms with E-state index in [1.165, 1.54) is 0 Å². The van der Waals surface area contributed by atoms with Crippen molar-refractivity contribution in [2.75, 3.05) is 20.8 Å². The summed E-state index contributed by atoms with van der Waals surface area (Å²) in [5, 5.41) is 2.95. The molecule has 0 aliphatic carbocycles. The van der Waals surface area contributed by atoms with Gasteiger partial charge in [-0.05, 0) is 54.4 Å². The van der Waals surface area contributed by atoms with Crippen LogP contribution in [0.5, 0.6) is 11.5 Å². The van der Waals surface area contributed by atoms with Gasteiger partial charge in [0.25, 0.3) is 0 Å². The average molecular weight is 379 g/mol. The number of carbonyl (C=O) groups excluding carboxylic acids is 1. The highest BCUT2D eigenvalue weighted by Crippen LogP contribution is 2.25. The molecule has 146 valence electrons. The predicted molar refractivity (Wildman–Crippen MR) is 109 cm³/mol. The van der Waals surface area contributed by atoms with Gasteiger partial charge >= 0.3 is 0 Å². The lowest BCUT2D eigenvalue weighted by atomic mass is 10.1. The molecule has 0 spiro atoms. The second-order valence-corrected chi connectivity index (χ2v) is 6.41. The molecule has 0 atom stereocenters. The zero-order valence-electron chi connectivity index (χ0n) is 16.2. The van der Waals surface area contributed by atoms with E-state index in [0.29, 0.717) is 19.4 Å². The van der Waals surface area contributed by atoms with Crippen LogP contribution in [0, 0.1) is 0 Å². The Hall–Kier alpha value is -3.21. The van der Waals surface area contributed by atoms with Crippen LogP contribution in [0.2, 0.25) is 0 Å². The Morgan fingerprint density at radius 1 is 0.929 bits per heavy atom. The minimum absolute atomic E-state index is 0.0114. The Morgan fingerprint density at radius 2 is 1.71 bits per heavy atom. The van der Waals surface area contributed by atoms with Gasteiger partial charge in [-0.15, -0.1) is 0 Å². The number of hydrogen-bond donors (Lipinski definition) is 1. The average Bonchev–Trinajstić information content (AvgIpc) is 3.22. The van der Waals surface area contributed by atoms with Crippen LogP contribution < -0.4 is 14.8 Å². The number of ether oxygens (including phenoxy) is 2. The normalized spacial score (nSPS) is 10.5. The van der Waals surface area contributed by atoms with Crippen molar-refractivity contribution in [2.45, 2.75) is 19.3 Å². The third-order valence-corrected chi connectivity index (χ3v) is 4.54. The standard InChI is InChI=1S/C23H25NO4/c1-26-19-9-7-18(8-10-19)22-13-11-20(28-22)12-14-23(25)24-16-15-17-5-3-4-6-21(17)27-2/h3-11,13H,12,14-16H2,1-2H3,(H,24,25). The topological polar surface area (TPSA) is 60.7 Å². The lowest BCUT2D eigenvalue weighted by Gasteiger charge is -2.09.